The van der Waals surface area contributed by atoms with Crippen molar-refractivity contribution < 1.29 is 9.47 Å². The van der Waals surface area contributed by atoms with Gasteiger partial charge >= 0.3 is 0 Å². The number of ether oxygens (including phenoxy) is 2. The predicted molar refractivity (Wildman–Crippen MR) is 50.8 cm³/mol. The third-order valence-corrected chi connectivity index (χ3v) is 2.99. The van der Waals surface area contributed by atoms with E-state index in [2.05, 4.69) is 11.8 Å². The van der Waals surface area contributed by atoms with Crippen molar-refractivity contribution in [1.82, 2.24) is 4.90 Å². The zero-order valence-electron chi connectivity index (χ0n) is 8.53. The highest BCUT2D eigenvalue weighted by molar-refractivity contribution is 4.96. The minimum absolute atomic E-state index is 0.547. The Kier molecular flexibility index (Phi) is 2.86. The van der Waals surface area contributed by atoms with E-state index in [0.717, 1.165) is 32.0 Å². The summed E-state index contributed by atoms with van der Waals surface area (Å²) in [5.41, 5.74) is 0. The fourth-order valence-corrected chi connectivity index (χ4v) is 2.26. The smallest absolute Gasteiger partial charge is 0.0971 e. The van der Waals surface area contributed by atoms with Gasteiger partial charge in [-0.1, -0.05) is 6.92 Å². The minimum Gasteiger partial charge on any atom is -0.385 e. The second-order valence-corrected chi connectivity index (χ2v) is 4.22. The lowest BCUT2D eigenvalue weighted by Crippen LogP contribution is -2.40. The van der Waals surface area contributed by atoms with E-state index in [4.69, 9.17) is 9.47 Å². The molecule has 13 heavy (non-hydrogen) atoms. The van der Waals surface area contributed by atoms with E-state index >= 15 is 0 Å². The Morgan fingerprint density at radius 2 is 2.31 bits per heavy atom. The topological polar surface area (TPSA) is 25.0 Å². The summed E-state index contributed by atoms with van der Waals surface area (Å²) >= 11 is 0. The van der Waals surface area contributed by atoms with Crippen LogP contribution in [0.3, 0.4) is 0 Å². The molecule has 2 heterocycles. The van der Waals surface area contributed by atoms with Gasteiger partial charge in [-0.15, -0.1) is 0 Å². The lowest BCUT2D eigenvalue weighted by atomic mass is 10.0. The molecule has 3 atom stereocenters. The van der Waals surface area contributed by atoms with Crippen LogP contribution in [0.2, 0.25) is 0 Å². The highest BCUT2D eigenvalue weighted by atomic mass is 16.6. The summed E-state index contributed by atoms with van der Waals surface area (Å²) < 4.78 is 10.6. The summed E-state index contributed by atoms with van der Waals surface area (Å²) in [6.07, 6.45) is 2.27. The van der Waals surface area contributed by atoms with Crippen LogP contribution in [0, 0.1) is 5.92 Å². The highest BCUT2D eigenvalue weighted by Gasteiger charge is 2.47. The van der Waals surface area contributed by atoms with Crippen molar-refractivity contribution in [1.29, 1.82) is 0 Å². The molecule has 2 rings (SSSR count). The molecule has 0 unspecified atom stereocenters. The van der Waals surface area contributed by atoms with Crippen molar-refractivity contribution in [3.63, 3.8) is 0 Å². The second kappa shape index (κ2) is 3.95. The van der Waals surface area contributed by atoms with Gasteiger partial charge in [-0.05, 0) is 12.3 Å². The zero-order valence-corrected chi connectivity index (χ0v) is 8.53. The standard InChI is InChI=1S/C10H19NO2/c1-8-6-11(4-3-5-12-2)7-9-10(8)13-9/h8-10H,3-7H2,1-2H3/t8-,9-,10+/m0/s1. The van der Waals surface area contributed by atoms with Crippen molar-refractivity contribution in [2.75, 3.05) is 33.4 Å². The third kappa shape index (κ3) is 2.22. The molecular formula is C10H19NO2. The van der Waals surface area contributed by atoms with E-state index in [-0.39, 0.29) is 0 Å². The molecule has 0 bridgehead atoms. The molecule has 0 spiro atoms. The molecule has 2 saturated heterocycles. The largest absolute Gasteiger partial charge is 0.385 e. The number of likely N-dealkylation sites (tertiary alicyclic amines) is 1. The van der Waals surface area contributed by atoms with Gasteiger partial charge < -0.3 is 14.4 Å². The molecular weight excluding hydrogens is 166 g/mol. The number of rotatable bonds is 4. The highest BCUT2D eigenvalue weighted by Crippen LogP contribution is 2.34. The fourth-order valence-electron chi connectivity index (χ4n) is 2.26. The molecule has 0 aromatic rings. The van der Waals surface area contributed by atoms with Crippen molar-refractivity contribution in [2.24, 2.45) is 5.92 Å². The first-order chi connectivity index (χ1) is 6.31. The average molecular weight is 185 g/mol. The van der Waals surface area contributed by atoms with Gasteiger partial charge in [-0.25, -0.2) is 0 Å². The molecule has 0 saturated carbocycles. The molecule has 0 aromatic heterocycles. The summed E-state index contributed by atoms with van der Waals surface area (Å²) in [7, 11) is 1.76. The Labute approximate surface area is 80.0 Å². The Morgan fingerprint density at radius 1 is 1.46 bits per heavy atom. The number of methoxy groups -OCH3 is 1. The van der Waals surface area contributed by atoms with Gasteiger partial charge in [0.1, 0.15) is 0 Å². The number of hydrogen-bond donors (Lipinski definition) is 0. The third-order valence-electron chi connectivity index (χ3n) is 2.99. The number of fused-ring (bicyclic) bond motifs is 1. The molecule has 0 aliphatic carbocycles. The van der Waals surface area contributed by atoms with Crippen LogP contribution in [0.5, 0.6) is 0 Å². The van der Waals surface area contributed by atoms with Crippen LogP contribution in [0.1, 0.15) is 13.3 Å². The fraction of sp³-hybridized carbons (Fsp3) is 1.00. The summed E-state index contributed by atoms with van der Waals surface area (Å²) in [4.78, 5) is 2.50. The minimum atomic E-state index is 0.547. The van der Waals surface area contributed by atoms with E-state index in [1.165, 1.54) is 6.54 Å². The quantitative estimate of drug-likeness (QED) is 0.477. The van der Waals surface area contributed by atoms with E-state index in [9.17, 15) is 0 Å². The number of epoxide rings is 1. The van der Waals surface area contributed by atoms with Crippen LogP contribution in [0.4, 0.5) is 0 Å². The van der Waals surface area contributed by atoms with E-state index < -0.39 is 0 Å². The number of piperidine rings is 1. The monoisotopic (exact) mass is 185 g/mol. The molecule has 0 amide bonds. The predicted octanol–water partition coefficient (Wildman–Crippen LogP) is 0.742. The van der Waals surface area contributed by atoms with Crippen LogP contribution in [-0.2, 0) is 9.47 Å². The molecule has 0 N–H and O–H groups in total. The van der Waals surface area contributed by atoms with Crippen molar-refractivity contribution in [3.05, 3.63) is 0 Å². The summed E-state index contributed by atoms with van der Waals surface area (Å²) in [5, 5.41) is 0. The molecule has 2 fully saturated rings. The Bertz CT molecular complexity index is 174. The van der Waals surface area contributed by atoms with Gasteiger partial charge in [0.15, 0.2) is 0 Å². The molecule has 3 nitrogen and oxygen atoms in total. The molecule has 2 aliphatic heterocycles. The first-order valence-corrected chi connectivity index (χ1v) is 5.18. The number of nitrogens with zero attached hydrogens (tertiary/aromatic N) is 1. The van der Waals surface area contributed by atoms with E-state index in [0.29, 0.717) is 12.2 Å². The van der Waals surface area contributed by atoms with Crippen molar-refractivity contribution >= 4 is 0 Å². The van der Waals surface area contributed by atoms with Gasteiger partial charge in [-0.2, -0.15) is 0 Å². The van der Waals surface area contributed by atoms with Gasteiger partial charge in [0, 0.05) is 33.4 Å². The maximum Gasteiger partial charge on any atom is 0.0971 e. The lowest BCUT2D eigenvalue weighted by molar-refractivity contribution is 0.156. The Morgan fingerprint density at radius 3 is 3.00 bits per heavy atom. The number of hydrogen-bond acceptors (Lipinski definition) is 3. The maximum absolute atomic E-state index is 5.55. The Balaban J connectivity index is 1.68. The summed E-state index contributed by atoms with van der Waals surface area (Å²) in [6.45, 7) is 6.65. The van der Waals surface area contributed by atoms with Gasteiger partial charge in [0.25, 0.3) is 0 Å². The Hall–Kier alpha value is -0.120. The SMILES string of the molecule is COCCCN1C[C@@H]2O[C@@H]2[C@@H](C)C1. The molecule has 0 radical (unpaired) electrons. The zero-order chi connectivity index (χ0) is 9.26. The van der Waals surface area contributed by atoms with E-state index in [1.54, 1.807) is 7.11 Å². The van der Waals surface area contributed by atoms with Gasteiger partial charge in [0.05, 0.1) is 12.2 Å². The molecule has 76 valence electrons. The first kappa shape index (κ1) is 9.44. The van der Waals surface area contributed by atoms with E-state index in [1.807, 2.05) is 0 Å². The van der Waals surface area contributed by atoms with Crippen LogP contribution in [-0.4, -0.2) is 50.5 Å². The second-order valence-electron chi connectivity index (χ2n) is 4.22. The van der Waals surface area contributed by atoms with Gasteiger partial charge in [-0.3, -0.25) is 0 Å². The van der Waals surface area contributed by atoms with Gasteiger partial charge in [0.2, 0.25) is 0 Å². The maximum atomic E-state index is 5.55. The van der Waals surface area contributed by atoms with Crippen LogP contribution in [0.15, 0.2) is 0 Å². The summed E-state index contributed by atoms with van der Waals surface area (Å²) in [6, 6.07) is 0. The van der Waals surface area contributed by atoms with Crippen molar-refractivity contribution in [3.8, 4) is 0 Å². The lowest BCUT2D eigenvalue weighted by Gasteiger charge is -2.27. The van der Waals surface area contributed by atoms with Crippen molar-refractivity contribution in [2.45, 2.75) is 25.6 Å². The van der Waals surface area contributed by atoms with Crippen LogP contribution < -0.4 is 0 Å². The average Bonchev–Trinajstić information content (AvgIpc) is 2.84. The molecule has 2 aliphatic rings. The summed E-state index contributed by atoms with van der Waals surface area (Å²) in [5.74, 6) is 0.723. The molecule has 0 aromatic carbocycles. The van der Waals surface area contributed by atoms with Crippen LogP contribution >= 0.6 is 0 Å². The molecule has 3 heteroatoms. The first-order valence-electron chi connectivity index (χ1n) is 5.18. The normalized spacial score (nSPS) is 38.8. The van der Waals surface area contributed by atoms with Crippen LogP contribution in [0.25, 0.3) is 0 Å².